The lowest BCUT2D eigenvalue weighted by Gasteiger charge is -2.17. The van der Waals surface area contributed by atoms with Gasteiger partial charge in [-0.25, -0.2) is 9.97 Å². The number of aromatic nitrogens is 2. The Kier molecular flexibility index (Phi) is 5.19. The summed E-state index contributed by atoms with van der Waals surface area (Å²) in [5.41, 5.74) is 4.68. The number of hydrogen-bond acceptors (Lipinski definition) is 6. The van der Waals surface area contributed by atoms with Gasteiger partial charge in [0, 0.05) is 10.9 Å². The lowest BCUT2D eigenvalue weighted by atomic mass is 9.97. The van der Waals surface area contributed by atoms with Gasteiger partial charge in [0.05, 0.1) is 49.7 Å². The molecule has 0 aliphatic rings. The van der Waals surface area contributed by atoms with Crippen molar-refractivity contribution in [3.8, 4) is 45.7 Å². The molecule has 0 atom stereocenters. The van der Waals surface area contributed by atoms with Gasteiger partial charge in [0.1, 0.15) is 12.1 Å². The minimum absolute atomic E-state index is 0.578. The molecule has 30 heavy (non-hydrogen) atoms. The molecule has 0 N–H and O–H groups in total. The predicted molar refractivity (Wildman–Crippen MR) is 115 cm³/mol. The minimum Gasteiger partial charge on any atom is -0.497 e. The van der Waals surface area contributed by atoms with Crippen LogP contribution in [0.1, 0.15) is 5.56 Å². The molecule has 0 fully saturated rings. The van der Waals surface area contributed by atoms with Gasteiger partial charge in [-0.1, -0.05) is 12.1 Å². The highest BCUT2D eigenvalue weighted by Crippen LogP contribution is 2.45. The predicted octanol–water partition coefficient (Wildman–Crippen LogP) is 4.86. The van der Waals surface area contributed by atoms with Crippen molar-refractivity contribution in [2.75, 3.05) is 21.3 Å². The van der Waals surface area contributed by atoms with Crippen molar-refractivity contribution < 1.29 is 14.2 Å². The van der Waals surface area contributed by atoms with Gasteiger partial charge >= 0.3 is 0 Å². The number of ether oxygens (including phenoxy) is 3. The highest BCUT2D eigenvalue weighted by Gasteiger charge is 2.20. The third-order valence-electron chi connectivity index (χ3n) is 4.94. The van der Waals surface area contributed by atoms with E-state index in [2.05, 4.69) is 16.0 Å². The average molecular weight is 397 g/mol. The second-order valence-corrected chi connectivity index (χ2v) is 6.52. The van der Waals surface area contributed by atoms with Gasteiger partial charge in [-0.2, -0.15) is 5.26 Å². The molecule has 1 aromatic heterocycles. The fraction of sp³-hybridized carbons (Fsp3) is 0.125. The standard InChI is InChI=1S/C24H19N3O3/c1-28-18-10-8-17(9-11-18)22-19-12-20(29-2)24(30-3)21(23(19)27-14-26-22)16-6-4-15(13-25)5-7-16/h4-12,14H,1-3H3. The maximum Gasteiger partial charge on any atom is 0.170 e. The zero-order valence-electron chi connectivity index (χ0n) is 16.8. The van der Waals surface area contributed by atoms with Crippen molar-refractivity contribution in [1.29, 1.82) is 5.26 Å². The maximum atomic E-state index is 9.13. The van der Waals surface area contributed by atoms with E-state index < -0.39 is 0 Å². The lowest BCUT2D eigenvalue weighted by molar-refractivity contribution is 0.357. The number of nitriles is 1. The normalized spacial score (nSPS) is 10.5. The van der Waals surface area contributed by atoms with Gasteiger partial charge in [0.2, 0.25) is 0 Å². The Morgan fingerprint density at radius 1 is 0.800 bits per heavy atom. The highest BCUT2D eigenvalue weighted by atomic mass is 16.5. The molecule has 0 saturated carbocycles. The number of benzene rings is 3. The maximum absolute atomic E-state index is 9.13. The summed E-state index contributed by atoms with van der Waals surface area (Å²) >= 11 is 0. The van der Waals surface area contributed by atoms with Crippen molar-refractivity contribution in [1.82, 2.24) is 9.97 Å². The summed E-state index contributed by atoms with van der Waals surface area (Å²) in [7, 11) is 4.83. The topological polar surface area (TPSA) is 77.3 Å². The third-order valence-corrected chi connectivity index (χ3v) is 4.94. The summed E-state index contributed by atoms with van der Waals surface area (Å²) in [4.78, 5) is 9.10. The molecule has 6 heteroatoms. The molecule has 1 heterocycles. The van der Waals surface area contributed by atoms with Gasteiger partial charge in [-0.3, -0.25) is 0 Å². The summed E-state index contributed by atoms with van der Waals surface area (Å²) in [5.74, 6) is 1.93. The van der Waals surface area contributed by atoms with Crippen molar-refractivity contribution in [3.05, 3.63) is 66.5 Å². The molecule has 0 saturated heterocycles. The van der Waals surface area contributed by atoms with Crippen LogP contribution < -0.4 is 14.2 Å². The van der Waals surface area contributed by atoms with E-state index in [0.29, 0.717) is 17.1 Å². The van der Waals surface area contributed by atoms with Crippen LogP contribution in [0.2, 0.25) is 0 Å². The van der Waals surface area contributed by atoms with Crippen LogP contribution in [0, 0.1) is 11.3 Å². The van der Waals surface area contributed by atoms with Gasteiger partial charge in [0.25, 0.3) is 0 Å². The summed E-state index contributed by atoms with van der Waals surface area (Å²) in [6, 6.07) is 19.0. The molecule has 0 aliphatic heterocycles. The van der Waals surface area contributed by atoms with Gasteiger partial charge in [0.15, 0.2) is 11.5 Å². The Balaban J connectivity index is 2.03. The lowest BCUT2D eigenvalue weighted by Crippen LogP contribution is -1.98. The Bertz CT molecular complexity index is 1240. The second-order valence-electron chi connectivity index (χ2n) is 6.52. The molecule has 0 bridgehead atoms. The zero-order valence-corrected chi connectivity index (χ0v) is 16.8. The quantitative estimate of drug-likeness (QED) is 0.479. The fourth-order valence-corrected chi connectivity index (χ4v) is 3.47. The van der Waals surface area contributed by atoms with Crippen LogP contribution in [0.4, 0.5) is 0 Å². The molecule has 6 nitrogen and oxygen atoms in total. The van der Waals surface area contributed by atoms with E-state index in [4.69, 9.17) is 19.5 Å². The summed E-state index contributed by atoms with van der Waals surface area (Å²) in [6.45, 7) is 0. The smallest absolute Gasteiger partial charge is 0.170 e. The Morgan fingerprint density at radius 2 is 1.50 bits per heavy atom. The zero-order chi connectivity index (χ0) is 21.1. The number of methoxy groups -OCH3 is 3. The molecule has 148 valence electrons. The molecular weight excluding hydrogens is 378 g/mol. The fourth-order valence-electron chi connectivity index (χ4n) is 3.47. The summed E-state index contributed by atoms with van der Waals surface area (Å²) < 4.78 is 16.6. The first-order valence-corrected chi connectivity index (χ1v) is 9.24. The molecule has 0 aliphatic carbocycles. The molecule has 4 rings (SSSR count). The Labute approximate surface area is 174 Å². The van der Waals surface area contributed by atoms with Gasteiger partial charge in [-0.05, 0) is 48.0 Å². The van der Waals surface area contributed by atoms with Crippen molar-refractivity contribution in [2.45, 2.75) is 0 Å². The van der Waals surface area contributed by atoms with Gasteiger partial charge < -0.3 is 14.2 Å². The largest absolute Gasteiger partial charge is 0.497 e. The number of rotatable bonds is 5. The minimum atomic E-state index is 0.578. The number of nitrogens with zero attached hydrogens (tertiary/aromatic N) is 3. The van der Waals surface area contributed by atoms with Crippen molar-refractivity contribution in [2.24, 2.45) is 0 Å². The van der Waals surface area contributed by atoms with E-state index in [-0.39, 0.29) is 0 Å². The molecule has 4 aromatic rings. The summed E-state index contributed by atoms with van der Waals surface area (Å²) in [5, 5.41) is 9.96. The van der Waals surface area contributed by atoms with Crippen molar-refractivity contribution >= 4 is 10.9 Å². The molecule has 0 amide bonds. The van der Waals surface area contributed by atoms with E-state index in [1.807, 2.05) is 42.5 Å². The second kappa shape index (κ2) is 8.10. The molecule has 3 aromatic carbocycles. The van der Waals surface area contributed by atoms with Gasteiger partial charge in [-0.15, -0.1) is 0 Å². The van der Waals surface area contributed by atoms with E-state index in [0.717, 1.165) is 39.0 Å². The van der Waals surface area contributed by atoms with Crippen LogP contribution in [-0.4, -0.2) is 31.3 Å². The van der Waals surface area contributed by atoms with Crippen LogP contribution in [-0.2, 0) is 0 Å². The molecule has 0 radical (unpaired) electrons. The summed E-state index contributed by atoms with van der Waals surface area (Å²) in [6.07, 6.45) is 1.54. The van der Waals surface area contributed by atoms with Crippen LogP contribution in [0.25, 0.3) is 33.3 Å². The Hall–Kier alpha value is -4.11. The average Bonchev–Trinajstić information content (AvgIpc) is 2.82. The SMILES string of the molecule is COc1ccc(-c2ncnc3c(-c4ccc(C#N)cc4)c(OC)c(OC)cc23)cc1. The number of hydrogen-bond donors (Lipinski definition) is 0. The van der Waals surface area contributed by atoms with Crippen LogP contribution in [0.3, 0.4) is 0 Å². The van der Waals surface area contributed by atoms with E-state index in [9.17, 15) is 0 Å². The first kappa shape index (κ1) is 19.2. The first-order valence-electron chi connectivity index (χ1n) is 9.24. The van der Waals surface area contributed by atoms with Crippen LogP contribution in [0.5, 0.6) is 17.2 Å². The van der Waals surface area contributed by atoms with Crippen LogP contribution >= 0.6 is 0 Å². The number of fused-ring (bicyclic) bond motifs is 1. The monoisotopic (exact) mass is 397 g/mol. The molecule has 0 unspecified atom stereocenters. The first-order chi connectivity index (χ1) is 14.7. The van der Waals surface area contributed by atoms with E-state index in [1.165, 1.54) is 0 Å². The van der Waals surface area contributed by atoms with E-state index in [1.54, 1.807) is 39.8 Å². The highest BCUT2D eigenvalue weighted by molar-refractivity contribution is 6.04. The van der Waals surface area contributed by atoms with E-state index >= 15 is 0 Å². The van der Waals surface area contributed by atoms with Crippen molar-refractivity contribution in [3.63, 3.8) is 0 Å². The van der Waals surface area contributed by atoms with Crippen LogP contribution in [0.15, 0.2) is 60.9 Å². The Morgan fingerprint density at radius 3 is 2.10 bits per heavy atom. The molecule has 0 spiro atoms. The third kappa shape index (κ3) is 3.27. The molecular formula is C24H19N3O3.